The average molecular weight is 389 g/mol. The molecule has 1 aromatic carbocycles. The van der Waals surface area contributed by atoms with Crippen molar-refractivity contribution in [1.29, 1.82) is 0 Å². The Morgan fingerprint density at radius 1 is 1.22 bits per heavy atom. The molecule has 6 heteroatoms. The topological polar surface area (TPSA) is 50.2 Å². The van der Waals surface area contributed by atoms with E-state index in [4.69, 9.17) is 5.10 Å². The van der Waals surface area contributed by atoms with Crippen LogP contribution in [0.1, 0.15) is 42.6 Å². The number of para-hydroxylation sites is 1. The van der Waals surface area contributed by atoms with Crippen LogP contribution in [0.2, 0.25) is 0 Å². The number of aryl methyl sites for hydroxylation is 1. The number of carbonyl (C=O) groups excluding carboxylic acids is 1. The van der Waals surface area contributed by atoms with Crippen molar-refractivity contribution in [3.8, 4) is 5.69 Å². The van der Waals surface area contributed by atoms with Gasteiger partial charge in [-0.1, -0.05) is 18.2 Å². The summed E-state index contributed by atoms with van der Waals surface area (Å²) in [7, 11) is 0. The highest BCUT2D eigenvalue weighted by Gasteiger charge is 2.35. The maximum Gasteiger partial charge on any atom is 0.227 e. The summed E-state index contributed by atoms with van der Waals surface area (Å²) in [5.74, 6) is 0.250. The lowest BCUT2D eigenvalue weighted by atomic mass is 10.1. The molecule has 2 heterocycles. The molecule has 4 rings (SSSR count). The average Bonchev–Trinajstić information content (AvgIpc) is 3.29. The summed E-state index contributed by atoms with van der Waals surface area (Å²) in [5, 5.41) is 8.22. The maximum absolute atomic E-state index is 13.1. The Kier molecular flexibility index (Phi) is 6.22. The number of rotatable bonds is 6. The van der Waals surface area contributed by atoms with Gasteiger partial charge >= 0.3 is 0 Å². The quantitative estimate of drug-likeness (QED) is 0.826. The first-order valence-corrected chi connectivity index (χ1v) is 9.77. The van der Waals surface area contributed by atoms with Gasteiger partial charge in [-0.2, -0.15) is 5.10 Å². The largest absolute Gasteiger partial charge is 0.338 e. The van der Waals surface area contributed by atoms with Crippen LogP contribution >= 0.6 is 12.4 Å². The van der Waals surface area contributed by atoms with Crippen LogP contribution in [0.4, 0.5) is 0 Å². The molecule has 0 radical (unpaired) electrons. The minimum absolute atomic E-state index is 0. The second-order valence-electron chi connectivity index (χ2n) is 7.64. The van der Waals surface area contributed by atoms with Crippen LogP contribution in [-0.4, -0.2) is 45.8 Å². The van der Waals surface area contributed by atoms with E-state index < -0.39 is 0 Å². The highest BCUT2D eigenvalue weighted by atomic mass is 35.5. The normalized spacial score (nSPS) is 19.0. The molecule has 2 aromatic rings. The van der Waals surface area contributed by atoms with Crippen LogP contribution in [0.25, 0.3) is 5.69 Å². The van der Waals surface area contributed by atoms with Crippen molar-refractivity contribution in [2.24, 2.45) is 0 Å². The molecule has 1 N–H and O–H groups in total. The second-order valence-corrected chi connectivity index (χ2v) is 7.64. The minimum Gasteiger partial charge on any atom is -0.338 e. The van der Waals surface area contributed by atoms with Crippen molar-refractivity contribution in [2.75, 3.05) is 13.1 Å². The molecule has 0 spiro atoms. The van der Waals surface area contributed by atoms with Gasteiger partial charge in [-0.05, 0) is 58.2 Å². The van der Waals surface area contributed by atoms with E-state index in [0.29, 0.717) is 18.5 Å². The SMILES string of the molecule is Cc1nn(-c2ccccc2)c(C)c1CC(=O)N(CC1CCCN1)C1CC1.Cl. The van der Waals surface area contributed by atoms with Crippen LogP contribution < -0.4 is 5.32 Å². The van der Waals surface area contributed by atoms with Crippen LogP contribution in [0.15, 0.2) is 30.3 Å². The lowest BCUT2D eigenvalue weighted by Gasteiger charge is -2.26. The Labute approximate surface area is 167 Å². The zero-order valence-electron chi connectivity index (χ0n) is 16.1. The predicted octanol–water partition coefficient (Wildman–Crippen LogP) is 3.20. The fourth-order valence-electron chi connectivity index (χ4n) is 3.99. The number of hydrogen-bond donors (Lipinski definition) is 1. The molecule has 2 fully saturated rings. The standard InChI is InChI=1S/C21H28N4O.ClH/c1-15-20(16(2)25(23-15)19-8-4-3-5-9-19)13-21(26)24(18-10-11-18)14-17-7-6-12-22-17;/h3-5,8-9,17-18,22H,6-7,10-14H2,1-2H3;1H. The van der Waals surface area contributed by atoms with Crippen LogP contribution in [0.5, 0.6) is 0 Å². The zero-order valence-corrected chi connectivity index (χ0v) is 17.0. The van der Waals surface area contributed by atoms with Crippen molar-refractivity contribution in [3.05, 3.63) is 47.3 Å². The smallest absolute Gasteiger partial charge is 0.227 e. The first kappa shape index (κ1) is 19.9. The molecule has 5 nitrogen and oxygen atoms in total. The fraction of sp³-hybridized carbons (Fsp3) is 0.524. The molecule has 1 atom stereocenters. The van der Waals surface area contributed by atoms with Crippen molar-refractivity contribution < 1.29 is 4.79 Å². The van der Waals surface area contributed by atoms with E-state index in [2.05, 4.69) is 17.1 Å². The van der Waals surface area contributed by atoms with Gasteiger partial charge in [0.25, 0.3) is 0 Å². The molecule has 27 heavy (non-hydrogen) atoms. The van der Waals surface area contributed by atoms with E-state index in [9.17, 15) is 4.79 Å². The van der Waals surface area contributed by atoms with Gasteiger partial charge in [0.05, 0.1) is 17.8 Å². The van der Waals surface area contributed by atoms with E-state index >= 15 is 0 Å². The molecule has 1 unspecified atom stereocenters. The van der Waals surface area contributed by atoms with Gasteiger partial charge in [0.2, 0.25) is 5.91 Å². The summed E-state index contributed by atoms with van der Waals surface area (Å²) in [4.78, 5) is 15.2. The van der Waals surface area contributed by atoms with Crippen molar-refractivity contribution in [1.82, 2.24) is 20.0 Å². The number of nitrogens with one attached hydrogen (secondary N) is 1. The third-order valence-electron chi connectivity index (χ3n) is 5.66. The van der Waals surface area contributed by atoms with Gasteiger partial charge < -0.3 is 10.2 Å². The van der Waals surface area contributed by atoms with E-state index in [0.717, 1.165) is 48.6 Å². The van der Waals surface area contributed by atoms with Gasteiger partial charge in [-0.3, -0.25) is 4.79 Å². The summed E-state index contributed by atoms with van der Waals surface area (Å²) in [6.45, 7) is 6.01. The molecule has 1 aliphatic heterocycles. The summed E-state index contributed by atoms with van der Waals surface area (Å²) >= 11 is 0. The number of hydrogen-bond acceptors (Lipinski definition) is 3. The Hall–Kier alpha value is -1.85. The summed E-state index contributed by atoms with van der Waals surface area (Å²) in [6.07, 6.45) is 5.16. The Morgan fingerprint density at radius 3 is 2.59 bits per heavy atom. The molecular weight excluding hydrogens is 360 g/mol. The van der Waals surface area contributed by atoms with Gasteiger partial charge in [-0.25, -0.2) is 4.68 Å². The van der Waals surface area contributed by atoms with Crippen LogP contribution in [0.3, 0.4) is 0 Å². The molecule has 0 bridgehead atoms. The zero-order chi connectivity index (χ0) is 18.1. The van der Waals surface area contributed by atoms with Crippen molar-refractivity contribution >= 4 is 18.3 Å². The molecule has 1 saturated carbocycles. The number of nitrogens with zero attached hydrogens (tertiary/aromatic N) is 3. The summed E-state index contributed by atoms with van der Waals surface area (Å²) in [6, 6.07) is 11.0. The monoisotopic (exact) mass is 388 g/mol. The van der Waals surface area contributed by atoms with E-state index in [1.807, 2.05) is 41.9 Å². The fourth-order valence-corrected chi connectivity index (χ4v) is 3.99. The van der Waals surface area contributed by atoms with Gasteiger partial charge in [0.15, 0.2) is 0 Å². The highest BCUT2D eigenvalue weighted by Crippen LogP contribution is 2.29. The molecule has 2 aliphatic rings. The number of benzene rings is 1. The van der Waals surface area contributed by atoms with Crippen molar-refractivity contribution in [3.63, 3.8) is 0 Å². The maximum atomic E-state index is 13.1. The molecule has 1 aliphatic carbocycles. The first-order valence-electron chi connectivity index (χ1n) is 9.77. The lowest BCUT2D eigenvalue weighted by Crippen LogP contribution is -2.43. The first-order chi connectivity index (χ1) is 12.6. The molecule has 1 amide bonds. The van der Waals surface area contributed by atoms with E-state index in [1.165, 1.54) is 12.8 Å². The van der Waals surface area contributed by atoms with E-state index in [-0.39, 0.29) is 18.3 Å². The van der Waals surface area contributed by atoms with Gasteiger partial charge in [0, 0.05) is 29.9 Å². The summed E-state index contributed by atoms with van der Waals surface area (Å²) < 4.78 is 1.96. The van der Waals surface area contributed by atoms with Crippen LogP contribution in [0, 0.1) is 13.8 Å². The highest BCUT2D eigenvalue weighted by molar-refractivity contribution is 5.85. The third kappa shape index (κ3) is 4.36. The Balaban J connectivity index is 0.00000210. The molecule has 1 aromatic heterocycles. The second kappa shape index (κ2) is 8.44. The third-order valence-corrected chi connectivity index (χ3v) is 5.66. The van der Waals surface area contributed by atoms with Gasteiger partial charge in [0.1, 0.15) is 0 Å². The van der Waals surface area contributed by atoms with E-state index in [1.54, 1.807) is 0 Å². The Morgan fingerprint density at radius 2 is 1.96 bits per heavy atom. The minimum atomic E-state index is 0. The van der Waals surface area contributed by atoms with Crippen molar-refractivity contribution in [2.45, 2.75) is 58.0 Å². The molecule has 1 saturated heterocycles. The predicted molar refractivity (Wildman–Crippen MR) is 110 cm³/mol. The number of aromatic nitrogens is 2. The molecule has 146 valence electrons. The Bertz CT molecular complexity index is 779. The molecular formula is C21H29ClN4O. The number of carbonyl (C=O) groups is 1. The van der Waals surface area contributed by atoms with Gasteiger partial charge in [-0.15, -0.1) is 12.4 Å². The number of amides is 1. The lowest BCUT2D eigenvalue weighted by molar-refractivity contribution is -0.131. The summed E-state index contributed by atoms with van der Waals surface area (Å²) in [5.41, 5.74) is 4.14. The number of halogens is 1. The van der Waals surface area contributed by atoms with Crippen LogP contribution in [-0.2, 0) is 11.2 Å².